The third kappa shape index (κ3) is 5.84. The van der Waals surface area contributed by atoms with Crippen molar-refractivity contribution in [2.75, 3.05) is 20.2 Å². The predicted octanol–water partition coefficient (Wildman–Crippen LogP) is 1.97. The number of hydrogen-bond donors (Lipinski definition) is 3. The molecule has 0 bridgehead atoms. The maximum atomic E-state index is 13.7. The number of ether oxygens (including phenoxy) is 1. The third-order valence-electron chi connectivity index (χ3n) is 3.77. The zero-order valence-electron chi connectivity index (χ0n) is 13.7. The summed E-state index contributed by atoms with van der Waals surface area (Å²) >= 11 is 0. The number of amides is 3. The summed E-state index contributed by atoms with van der Waals surface area (Å²) in [6.07, 6.45) is -0.812. The average molecular weight is 359 g/mol. The molecule has 1 fully saturated rings. The van der Waals surface area contributed by atoms with Gasteiger partial charge in [-0.2, -0.15) is 0 Å². The van der Waals surface area contributed by atoms with Crippen molar-refractivity contribution in [2.45, 2.75) is 25.3 Å². The molecule has 1 unspecified atom stereocenters. The molecule has 1 aliphatic rings. The van der Waals surface area contributed by atoms with Crippen molar-refractivity contribution in [1.29, 1.82) is 0 Å². The van der Waals surface area contributed by atoms with Gasteiger partial charge < -0.3 is 20.7 Å². The Kier molecular flexibility index (Phi) is 6.49. The first-order chi connectivity index (χ1) is 11.9. The van der Waals surface area contributed by atoms with Crippen LogP contribution in [-0.2, 0) is 4.79 Å². The Labute approximate surface area is 143 Å². The molecule has 0 spiro atoms. The minimum Gasteiger partial charge on any atom is -0.494 e. The Morgan fingerprint density at radius 3 is 2.56 bits per heavy atom. The first-order valence-electron chi connectivity index (χ1n) is 7.83. The van der Waals surface area contributed by atoms with E-state index < -0.39 is 30.2 Å². The lowest BCUT2D eigenvalue weighted by Gasteiger charge is -2.19. The highest BCUT2D eigenvalue weighted by Crippen LogP contribution is 2.27. The smallest absolute Gasteiger partial charge is 0.315 e. The number of methoxy groups -OCH3 is 1. The summed E-state index contributed by atoms with van der Waals surface area (Å²) in [4.78, 5) is 23.3. The average Bonchev–Trinajstić information content (AvgIpc) is 3.40. The van der Waals surface area contributed by atoms with E-state index in [1.807, 2.05) is 5.32 Å². The number of alkyl halides is 2. The van der Waals surface area contributed by atoms with Gasteiger partial charge in [0.1, 0.15) is 6.04 Å². The topological polar surface area (TPSA) is 79.5 Å². The van der Waals surface area contributed by atoms with Crippen molar-refractivity contribution >= 4 is 11.9 Å². The lowest BCUT2D eigenvalue weighted by Crippen LogP contribution is -2.44. The Hall–Kier alpha value is -2.45. The van der Waals surface area contributed by atoms with Crippen LogP contribution < -0.4 is 20.7 Å². The summed E-state index contributed by atoms with van der Waals surface area (Å²) in [6, 6.07) is 0.656. The number of nitrogens with one attached hydrogen (secondary N) is 3. The molecule has 6 nitrogen and oxygen atoms in total. The zero-order chi connectivity index (χ0) is 18.4. The SMILES string of the molecule is COc1ccc(C(NC(=O)NCC(=O)NCC2CC2)C(F)F)cc1F. The van der Waals surface area contributed by atoms with Crippen LogP contribution in [0.1, 0.15) is 24.4 Å². The minimum atomic E-state index is -2.96. The summed E-state index contributed by atoms with van der Waals surface area (Å²) in [5.41, 5.74) is -0.110. The van der Waals surface area contributed by atoms with Crippen LogP contribution >= 0.6 is 0 Å². The van der Waals surface area contributed by atoms with Crippen molar-refractivity contribution in [3.8, 4) is 5.75 Å². The number of carbonyl (C=O) groups is 2. The second kappa shape index (κ2) is 8.59. The van der Waals surface area contributed by atoms with Crippen molar-refractivity contribution in [1.82, 2.24) is 16.0 Å². The van der Waals surface area contributed by atoms with Crippen LogP contribution in [0.4, 0.5) is 18.0 Å². The standard InChI is InChI=1S/C16H20F3N3O3/c1-25-12-5-4-10(6-11(12)17)14(15(18)19)22-16(24)21-8-13(23)20-7-9-2-3-9/h4-6,9,14-15H,2-3,7-8H2,1H3,(H,20,23)(H2,21,22,24). The van der Waals surface area contributed by atoms with Crippen molar-refractivity contribution < 1.29 is 27.5 Å². The molecule has 1 aromatic carbocycles. The molecular formula is C16H20F3N3O3. The largest absolute Gasteiger partial charge is 0.494 e. The second-order valence-electron chi connectivity index (χ2n) is 5.78. The highest BCUT2D eigenvalue weighted by atomic mass is 19.3. The summed E-state index contributed by atoms with van der Waals surface area (Å²) in [6.45, 7) is 0.221. The maximum absolute atomic E-state index is 13.7. The third-order valence-corrected chi connectivity index (χ3v) is 3.77. The number of hydrogen-bond acceptors (Lipinski definition) is 3. The Morgan fingerprint density at radius 1 is 1.28 bits per heavy atom. The molecular weight excluding hydrogens is 339 g/mol. The van der Waals surface area contributed by atoms with Gasteiger partial charge in [0.15, 0.2) is 11.6 Å². The highest BCUT2D eigenvalue weighted by Gasteiger charge is 2.26. The summed E-state index contributed by atoms with van der Waals surface area (Å²) in [7, 11) is 1.25. The van der Waals surface area contributed by atoms with Gasteiger partial charge in [0, 0.05) is 6.54 Å². The molecule has 1 saturated carbocycles. The normalized spacial score (nSPS) is 14.8. The van der Waals surface area contributed by atoms with Crippen LogP contribution in [0.3, 0.4) is 0 Å². The zero-order valence-corrected chi connectivity index (χ0v) is 13.7. The molecule has 0 heterocycles. The van der Waals surface area contributed by atoms with Gasteiger partial charge in [-0.3, -0.25) is 4.79 Å². The summed E-state index contributed by atoms with van der Waals surface area (Å²) in [5, 5.41) is 6.88. The van der Waals surface area contributed by atoms with Crippen molar-refractivity contribution in [2.24, 2.45) is 5.92 Å². The number of rotatable bonds is 8. The fraction of sp³-hybridized carbons (Fsp3) is 0.500. The van der Waals surface area contributed by atoms with Crippen molar-refractivity contribution in [3.63, 3.8) is 0 Å². The van der Waals surface area contributed by atoms with Crippen LogP contribution in [0.25, 0.3) is 0 Å². The van der Waals surface area contributed by atoms with Crippen LogP contribution in [0.15, 0.2) is 18.2 Å². The molecule has 3 amide bonds. The van der Waals surface area contributed by atoms with Crippen LogP contribution in [-0.4, -0.2) is 38.6 Å². The maximum Gasteiger partial charge on any atom is 0.315 e. The van der Waals surface area contributed by atoms with Crippen molar-refractivity contribution in [3.05, 3.63) is 29.6 Å². The Bertz CT molecular complexity index is 624. The molecule has 3 N–H and O–H groups in total. The molecule has 1 atom stereocenters. The first kappa shape index (κ1) is 18.9. The van der Waals surface area contributed by atoms with E-state index in [2.05, 4.69) is 10.6 Å². The van der Waals surface area contributed by atoms with E-state index in [1.165, 1.54) is 19.2 Å². The van der Waals surface area contributed by atoms with E-state index in [-0.39, 0.29) is 17.9 Å². The van der Waals surface area contributed by atoms with E-state index in [4.69, 9.17) is 4.74 Å². The molecule has 2 rings (SSSR count). The monoisotopic (exact) mass is 359 g/mol. The lowest BCUT2D eigenvalue weighted by molar-refractivity contribution is -0.120. The van der Waals surface area contributed by atoms with E-state index in [9.17, 15) is 22.8 Å². The molecule has 25 heavy (non-hydrogen) atoms. The van der Waals surface area contributed by atoms with Gasteiger partial charge in [-0.15, -0.1) is 0 Å². The van der Waals surface area contributed by atoms with Gasteiger partial charge in [-0.25, -0.2) is 18.0 Å². The highest BCUT2D eigenvalue weighted by molar-refractivity contribution is 5.84. The fourth-order valence-electron chi connectivity index (χ4n) is 2.16. The van der Waals surface area contributed by atoms with Gasteiger partial charge in [-0.1, -0.05) is 6.07 Å². The number of urea groups is 1. The quantitative estimate of drug-likeness (QED) is 0.664. The number of benzene rings is 1. The van der Waals surface area contributed by atoms with Crippen LogP contribution in [0, 0.1) is 11.7 Å². The van der Waals surface area contributed by atoms with Gasteiger partial charge in [0.05, 0.1) is 13.7 Å². The molecule has 1 aliphatic carbocycles. The molecule has 9 heteroatoms. The molecule has 0 aromatic heterocycles. The Morgan fingerprint density at radius 2 is 2.00 bits per heavy atom. The molecule has 0 radical (unpaired) electrons. The fourth-order valence-corrected chi connectivity index (χ4v) is 2.16. The van der Waals surface area contributed by atoms with E-state index >= 15 is 0 Å². The lowest BCUT2D eigenvalue weighted by atomic mass is 10.1. The first-order valence-corrected chi connectivity index (χ1v) is 7.83. The molecule has 138 valence electrons. The molecule has 0 aliphatic heterocycles. The van der Waals surface area contributed by atoms with E-state index in [1.54, 1.807) is 0 Å². The Balaban J connectivity index is 1.88. The van der Waals surface area contributed by atoms with Gasteiger partial charge in [-0.05, 0) is 36.5 Å². The summed E-state index contributed by atoms with van der Waals surface area (Å²) in [5.74, 6) is -0.807. The van der Waals surface area contributed by atoms with Crippen LogP contribution in [0.2, 0.25) is 0 Å². The second-order valence-corrected chi connectivity index (χ2v) is 5.78. The molecule has 1 aromatic rings. The van der Waals surface area contributed by atoms with Gasteiger partial charge in [0.25, 0.3) is 6.43 Å². The van der Waals surface area contributed by atoms with Gasteiger partial charge in [0.2, 0.25) is 5.91 Å². The van der Waals surface area contributed by atoms with Crippen LogP contribution in [0.5, 0.6) is 5.75 Å². The van der Waals surface area contributed by atoms with E-state index in [0.717, 1.165) is 18.9 Å². The number of halogens is 3. The predicted molar refractivity (Wildman–Crippen MR) is 84.0 cm³/mol. The summed E-state index contributed by atoms with van der Waals surface area (Å²) < 4.78 is 44.8. The minimum absolute atomic E-state index is 0.0893. The number of carbonyl (C=O) groups excluding carboxylic acids is 2. The van der Waals surface area contributed by atoms with E-state index in [0.29, 0.717) is 12.5 Å². The molecule has 0 saturated heterocycles. The van der Waals surface area contributed by atoms with Gasteiger partial charge >= 0.3 is 6.03 Å².